The predicted octanol–water partition coefficient (Wildman–Crippen LogP) is 7.40. The average Bonchev–Trinajstić information content (AvgIpc) is 2.64. The number of unbranched alkanes of at least 4 members (excludes halogenated alkanes) is 2. The first-order chi connectivity index (χ1) is 13.3. The average molecular weight is 385 g/mol. The van der Waals surface area contributed by atoms with Gasteiger partial charge in [-0.1, -0.05) is 83.4 Å². The summed E-state index contributed by atoms with van der Waals surface area (Å²) in [5.74, 6) is 1.93. The van der Waals surface area contributed by atoms with E-state index in [2.05, 4.69) is 65.8 Å². The third-order valence-corrected chi connectivity index (χ3v) is 4.97. The molecule has 0 radical (unpaired) electrons. The van der Waals surface area contributed by atoms with Gasteiger partial charge in [0.2, 0.25) is 0 Å². The fourth-order valence-corrected chi connectivity index (χ4v) is 3.06. The molecule has 0 amide bonds. The first-order valence-corrected chi connectivity index (χ1v) is 10.7. The molecule has 1 aromatic carbocycles. The lowest BCUT2D eigenvalue weighted by Crippen LogP contribution is -2.06. The van der Waals surface area contributed by atoms with Crippen molar-refractivity contribution in [1.29, 1.82) is 0 Å². The van der Waals surface area contributed by atoms with Crippen LogP contribution in [0.25, 0.3) is 5.57 Å². The molecule has 0 saturated carbocycles. The summed E-state index contributed by atoms with van der Waals surface area (Å²) in [5.41, 5.74) is 6.10. The Hall–Kier alpha value is -1.80. The molecule has 0 atom stereocenters. The minimum absolute atomic E-state index is 0.0722. The van der Waals surface area contributed by atoms with Crippen molar-refractivity contribution in [1.82, 2.24) is 0 Å². The fraction of sp³-hybridized carbons (Fsp3) is 0.538. The van der Waals surface area contributed by atoms with Crippen molar-refractivity contribution in [3.8, 4) is 5.75 Å². The molecule has 2 heteroatoms. The van der Waals surface area contributed by atoms with Gasteiger partial charge in [-0.25, -0.2) is 0 Å². The molecule has 0 heterocycles. The van der Waals surface area contributed by atoms with E-state index in [1.165, 1.54) is 35.1 Å². The highest BCUT2D eigenvalue weighted by Gasteiger charge is 2.17. The number of hydrogen-bond donors (Lipinski definition) is 1. The molecule has 1 aromatic rings. The summed E-state index contributed by atoms with van der Waals surface area (Å²) in [6, 6.07) is 4.62. The van der Waals surface area contributed by atoms with E-state index in [-0.39, 0.29) is 6.61 Å². The van der Waals surface area contributed by atoms with Crippen LogP contribution in [-0.2, 0) is 0 Å². The van der Waals surface area contributed by atoms with Crippen LogP contribution in [0.5, 0.6) is 5.75 Å². The Bertz CT molecular complexity index is 691. The SMILES string of the molecule is CCCCCOc1c(\C(C)=C/C=C/C(C)=C/CO)cc(C(C)C)cc1C(C)C. The topological polar surface area (TPSA) is 29.5 Å². The van der Waals surface area contributed by atoms with E-state index in [1.807, 2.05) is 13.0 Å². The van der Waals surface area contributed by atoms with Crippen LogP contribution in [0.4, 0.5) is 0 Å². The van der Waals surface area contributed by atoms with Crippen molar-refractivity contribution in [2.24, 2.45) is 0 Å². The van der Waals surface area contributed by atoms with E-state index in [0.29, 0.717) is 11.8 Å². The normalized spacial score (nSPS) is 13.2. The number of ether oxygens (including phenoxy) is 1. The second kappa shape index (κ2) is 12.6. The smallest absolute Gasteiger partial charge is 0.130 e. The molecule has 0 aliphatic heterocycles. The van der Waals surface area contributed by atoms with E-state index in [9.17, 15) is 0 Å². The Morgan fingerprint density at radius 1 is 1.07 bits per heavy atom. The number of rotatable bonds is 11. The zero-order chi connectivity index (χ0) is 21.1. The van der Waals surface area contributed by atoms with E-state index < -0.39 is 0 Å². The molecule has 28 heavy (non-hydrogen) atoms. The fourth-order valence-electron chi connectivity index (χ4n) is 3.06. The number of benzene rings is 1. The molecular formula is C26H40O2. The summed E-state index contributed by atoms with van der Waals surface area (Å²) in [6.45, 7) is 16.2. The van der Waals surface area contributed by atoms with E-state index in [0.717, 1.165) is 24.4 Å². The molecule has 156 valence electrons. The lowest BCUT2D eigenvalue weighted by molar-refractivity contribution is 0.301. The molecule has 0 saturated heterocycles. The van der Waals surface area contributed by atoms with Crippen molar-refractivity contribution in [3.63, 3.8) is 0 Å². The maximum atomic E-state index is 9.00. The summed E-state index contributed by atoms with van der Waals surface area (Å²) < 4.78 is 6.34. The van der Waals surface area contributed by atoms with Crippen molar-refractivity contribution in [2.45, 2.75) is 79.6 Å². The molecule has 0 aliphatic carbocycles. The van der Waals surface area contributed by atoms with Crippen LogP contribution in [0.15, 0.2) is 42.0 Å². The second-order valence-electron chi connectivity index (χ2n) is 8.19. The Kier molecular flexibility index (Phi) is 10.9. The standard InChI is InChI=1S/C26H40O2/c1-8-9-10-16-28-26-24(20(4)5)17-23(19(2)3)18-25(26)22(7)13-11-12-21(6)14-15-27/h11-14,17-20,27H,8-10,15-16H2,1-7H3/b12-11+,21-14+,22-13-. The van der Waals surface area contributed by atoms with Crippen molar-refractivity contribution in [2.75, 3.05) is 13.2 Å². The first kappa shape index (κ1) is 24.2. The van der Waals surface area contributed by atoms with E-state index in [1.54, 1.807) is 6.08 Å². The minimum Gasteiger partial charge on any atom is -0.493 e. The van der Waals surface area contributed by atoms with Crippen LogP contribution < -0.4 is 4.74 Å². The largest absolute Gasteiger partial charge is 0.493 e. The van der Waals surface area contributed by atoms with Gasteiger partial charge in [0.05, 0.1) is 13.2 Å². The van der Waals surface area contributed by atoms with Crippen molar-refractivity contribution < 1.29 is 9.84 Å². The van der Waals surface area contributed by atoms with E-state index >= 15 is 0 Å². The summed E-state index contributed by atoms with van der Waals surface area (Å²) in [7, 11) is 0. The molecule has 2 nitrogen and oxygen atoms in total. The summed E-state index contributed by atoms with van der Waals surface area (Å²) >= 11 is 0. The summed E-state index contributed by atoms with van der Waals surface area (Å²) in [6.07, 6.45) is 11.5. The number of allylic oxidation sites excluding steroid dienone is 5. The molecular weight excluding hydrogens is 344 g/mol. The van der Waals surface area contributed by atoms with Gasteiger partial charge < -0.3 is 9.84 Å². The lowest BCUT2D eigenvalue weighted by Gasteiger charge is -2.21. The third kappa shape index (κ3) is 7.67. The highest BCUT2D eigenvalue weighted by Crippen LogP contribution is 2.37. The molecule has 1 rings (SSSR count). The maximum absolute atomic E-state index is 9.00. The van der Waals surface area contributed by atoms with Crippen LogP contribution >= 0.6 is 0 Å². The Labute approximate surface area is 173 Å². The summed E-state index contributed by atoms with van der Waals surface area (Å²) in [4.78, 5) is 0. The van der Waals surface area contributed by atoms with Gasteiger partial charge in [0.1, 0.15) is 5.75 Å². The third-order valence-electron chi connectivity index (χ3n) is 4.97. The highest BCUT2D eigenvalue weighted by molar-refractivity contribution is 5.73. The van der Waals surface area contributed by atoms with Gasteiger partial charge in [-0.15, -0.1) is 0 Å². The van der Waals surface area contributed by atoms with Gasteiger partial charge >= 0.3 is 0 Å². The second-order valence-corrected chi connectivity index (χ2v) is 8.19. The van der Waals surface area contributed by atoms with Gasteiger partial charge in [0.25, 0.3) is 0 Å². The zero-order valence-corrected chi connectivity index (χ0v) is 19.0. The van der Waals surface area contributed by atoms with Gasteiger partial charge in [0, 0.05) is 5.56 Å². The molecule has 0 unspecified atom stereocenters. The van der Waals surface area contributed by atoms with Crippen molar-refractivity contribution >= 4 is 5.57 Å². The molecule has 0 aliphatic rings. The van der Waals surface area contributed by atoms with Crippen LogP contribution in [-0.4, -0.2) is 18.3 Å². The highest BCUT2D eigenvalue weighted by atomic mass is 16.5. The lowest BCUT2D eigenvalue weighted by atomic mass is 9.89. The zero-order valence-electron chi connectivity index (χ0n) is 19.0. The van der Waals surface area contributed by atoms with Crippen molar-refractivity contribution in [3.05, 3.63) is 58.7 Å². The van der Waals surface area contributed by atoms with Gasteiger partial charge in [-0.2, -0.15) is 0 Å². The maximum Gasteiger partial charge on any atom is 0.130 e. The van der Waals surface area contributed by atoms with Crippen LogP contribution in [0, 0.1) is 0 Å². The minimum atomic E-state index is 0.0722. The quantitative estimate of drug-likeness (QED) is 0.318. The summed E-state index contributed by atoms with van der Waals surface area (Å²) in [5, 5.41) is 9.00. The Morgan fingerprint density at radius 2 is 1.79 bits per heavy atom. The Morgan fingerprint density at radius 3 is 2.36 bits per heavy atom. The first-order valence-electron chi connectivity index (χ1n) is 10.7. The molecule has 0 fully saturated rings. The van der Waals surface area contributed by atoms with Gasteiger partial charge in [-0.3, -0.25) is 0 Å². The molecule has 1 N–H and O–H groups in total. The molecule has 0 spiro atoms. The number of aliphatic hydroxyl groups excluding tert-OH is 1. The monoisotopic (exact) mass is 384 g/mol. The van der Waals surface area contributed by atoms with Gasteiger partial charge in [0.15, 0.2) is 0 Å². The van der Waals surface area contributed by atoms with Crippen LogP contribution in [0.3, 0.4) is 0 Å². The molecule has 0 bridgehead atoms. The Balaban J connectivity index is 3.35. The van der Waals surface area contributed by atoms with E-state index in [4.69, 9.17) is 9.84 Å². The number of hydrogen-bond acceptors (Lipinski definition) is 2. The number of aliphatic hydroxyl groups is 1. The van der Waals surface area contributed by atoms with Gasteiger partial charge in [-0.05, 0) is 54.9 Å². The predicted molar refractivity (Wildman–Crippen MR) is 123 cm³/mol. The van der Waals surface area contributed by atoms with Crippen LogP contribution in [0.1, 0.15) is 96.3 Å². The van der Waals surface area contributed by atoms with Crippen LogP contribution in [0.2, 0.25) is 0 Å². The molecule has 0 aromatic heterocycles.